The average molecular weight is 278 g/mol. The molecule has 1 aromatic carbocycles. The monoisotopic (exact) mass is 278 g/mol. The molecule has 1 N–H and O–H groups in total. The molecule has 0 saturated heterocycles. The first-order valence-electron chi connectivity index (χ1n) is 5.75. The lowest BCUT2D eigenvalue weighted by Gasteiger charge is -2.11. The molecule has 0 atom stereocenters. The molecule has 1 heterocycles. The summed E-state index contributed by atoms with van der Waals surface area (Å²) in [5.74, 6) is 0.989. The van der Waals surface area contributed by atoms with Gasteiger partial charge in [0.25, 0.3) is 5.91 Å². The van der Waals surface area contributed by atoms with E-state index >= 15 is 0 Å². The van der Waals surface area contributed by atoms with Crippen molar-refractivity contribution < 1.29 is 14.3 Å². The van der Waals surface area contributed by atoms with Crippen LogP contribution >= 0.6 is 11.3 Å². The highest BCUT2D eigenvalue weighted by molar-refractivity contribution is 7.07. The largest absolute Gasteiger partial charge is 0.493 e. The minimum atomic E-state index is -0.242. The number of carbonyl (C=O) groups excluding carboxylic acids is 1. The molecule has 0 aliphatic rings. The average Bonchev–Trinajstić information content (AvgIpc) is 2.93. The first-order chi connectivity index (χ1) is 9.24. The number of carbonyl (C=O) groups is 1. The minimum Gasteiger partial charge on any atom is -0.493 e. The van der Waals surface area contributed by atoms with Crippen LogP contribution in [0.1, 0.15) is 17.4 Å². The number of ether oxygens (including phenoxy) is 2. The van der Waals surface area contributed by atoms with Gasteiger partial charge in [-0.05, 0) is 19.1 Å². The lowest BCUT2D eigenvalue weighted by Crippen LogP contribution is -2.12. The topological polar surface area (TPSA) is 60.5 Å². The predicted octanol–water partition coefficient (Wildman–Crippen LogP) is 2.80. The van der Waals surface area contributed by atoms with Crippen molar-refractivity contribution in [1.82, 2.24) is 4.98 Å². The minimum absolute atomic E-state index is 0.242. The van der Waals surface area contributed by atoms with E-state index in [1.165, 1.54) is 11.3 Å². The Hall–Kier alpha value is -2.08. The van der Waals surface area contributed by atoms with Crippen LogP contribution in [0.2, 0.25) is 0 Å². The summed E-state index contributed by atoms with van der Waals surface area (Å²) in [5, 5.41) is 4.46. The van der Waals surface area contributed by atoms with Crippen molar-refractivity contribution in [2.75, 3.05) is 19.0 Å². The van der Waals surface area contributed by atoms with Crippen LogP contribution in [0.3, 0.4) is 0 Å². The van der Waals surface area contributed by atoms with Gasteiger partial charge in [0.15, 0.2) is 11.5 Å². The molecule has 100 valence electrons. The van der Waals surface area contributed by atoms with E-state index in [2.05, 4.69) is 10.3 Å². The number of anilines is 1. The van der Waals surface area contributed by atoms with Gasteiger partial charge in [0, 0.05) is 17.1 Å². The third-order valence-electron chi connectivity index (χ3n) is 2.39. The van der Waals surface area contributed by atoms with Crippen LogP contribution < -0.4 is 14.8 Å². The van der Waals surface area contributed by atoms with Crippen LogP contribution in [0.15, 0.2) is 29.1 Å². The van der Waals surface area contributed by atoms with E-state index in [1.54, 1.807) is 36.2 Å². The van der Waals surface area contributed by atoms with Gasteiger partial charge in [-0.25, -0.2) is 4.98 Å². The van der Waals surface area contributed by atoms with E-state index in [1.807, 2.05) is 6.92 Å². The first kappa shape index (κ1) is 13.4. The zero-order chi connectivity index (χ0) is 13.7. The van der Waals surface area contributed by atoms with Gasteiger partial charge in [-0.1, -0.05) is 0 Å². The maximum absolute atomic E-state index is 11.9. The summed E-state index contributed by atoms with van der Waals surface area (Å²) in [6.45, 7) is 2.42. The summed E-state index contributed by atoms with van der Waals surface area (Å²) < 4.78 is 10.6. The zero-order valence-electron chi connectivity index (χ0n) is 10.7. The second kappa shape index (κ2) is 6.19. The smallest absolute Gasteiger partial charge is 0.275 e. The molecule has 0 bridgehead atoms. The van der Waals surface area contributed by atoms with Gasteiger partial charge in [0.2, 0.25) is 0 Å². The molecule has 2 aromatic rings. The van der Waals surface area contributed by atoms with Crippen molar-refractivity contribution in [2.24, 2.45) is 0 Å². The lowest BCUT2D eigenvalue weighted by atomic mass is 10.2. The molecule has 0 radical (unpaired) electrons. The summed E-state index contributed by atoms with van der Waals surface area (Å²) in [7, 11) is 1.57. The van der Waals surface area contributed by atoms with Gasteiger partial charge < -0.3 is 14.8 Å². The standard InChI is InChI=1S/C13H14N2O3S/c1-3-18-12-6-9(4-5-11(12)17-2)15-13(16)10-7-19-8-14-10/h4-8H,3H2,1-2H3,(H,15,16). The molecular weight excluding hydrogens is 264 g/mol. The first-order valence-corrected chi connectivity index (χ1v) is 6.69. The van der Waals surface area contributed by atoms with Crippen molar-refractivity contribution >= 4 is 22.9 Å². The van der Waals surface area contributed by atoms with Gasteiger partial charge in [-0.2, -0.15) is 0 Å². The molecule has 0 unspecified atom stereocenters. The molecule has 0 fully saturated rings. The van der Waals surface area contributed by atoms with Crippen molar-refractivity contribution in [1.29, 1.82) is 0 Å². The van der Waals surface area contributed by atoms with Gasteiger partial charge in [-0.15, -0.1) is 11.3 Å². The second-order valence-electron chi connectivity index (χ2n) is 3.63. The number of rotatable bonds is 5. The number of methoxy groups -OCH3 is 1. The highest BCUT2D eigenvalue weighted by atomic mass is 32.1. The molecule has 2 rings (SSSR count). The highest BCUT2D eigenvalue weighted by Gasteiger charge is 2.10. The Balaban J connectivity index is 2.16. The molecule has 0 aliphatic heterocycles. The molecule has 0 aliphatic carbocycles. The second-order valence-corrected chi connectivity index (χ2v) is 4.35. The lowest BCUT2D eigenvalue weighted by molar-refractivity contribution is 0.102. The summed E-state index contributed by atoms with van der Waals surface area (Å²) in [5.41, 5.74) is 2.66. The summed E-state index contributed by atoms with van der Waals surface area (Å²) >= 11 is 1.38. The van der Waals surface area contributed by atoms with E-state index in [0.717, 1.165) is 0 Å². The zero-order valence-corrected chi connectivity index (χ0v) is 11.5. The quantitative estimate of drug-likeness (QED) is 0.913. The molecule has 6 heteroatoms. The van der Waals surface area contributed by atoms with E-state index in [9.17, 15) is 4.79 Å². The van der Waals surface area contributed by atoms with Gasteiger partial charge in [0.05, 0.1) is 19.2 Å². The number of benzene rings is 1. The molecule has 0 spiro atoms. The Morgan fingerprint density at radius 2 is 2.26 bits per heavy atom. The molecule has 0 saturated carbocycles. The fourth-order valence-corrected chi connectivity index (χ4v) is 2.07. The molecule has 1 amide bonds. The van der Waals surface area contributed by atoms with Crippen LogP contribution in [-0.2, 0) is 0 Å². The number of amides is 1. The van der Waals surface area contributed by atoms with Gasteiger partial charge in [0.1, 0.15) is 5.69 Å². The number of hydrogen-bond donors (Lipinski definition) is 1. The maximum atomic E-state index is 11.9. The van der Waals surface area contributed by atoms with Crippen LogP contribution in [0.25, 0.3) is 0 Å². The molecule has 19 heavy (non-hydrogen) atoms. The normalized spacial score (nSPS) is 10.0. The Labute approximate surface area is 115 Å². The Morgan fingerprint density at radius 1 is 1.42 bits per heavy atom. The summed E-state index contributed by atoms with van der Waals surface area (Å²) in [4.78, 5) is 15.8. The predicted molar refractivity (Wildman–Crippen MR) is 74.2 cm³/mol. The fourth-order valence-electron chi connectivity index (χ4n) is 1.54. The molecule has 1 aromatic heterocycles. The third kappa shape index (κ3) is 3.23. The van der Waals surface area contributed by atoms with Crippen molar-refractivity contribution in [3.05, 3.63) is 34.8 Å². The molecular formula is C13H14N2O3S. The Morgan fingerprint density at radius 3 is 2.89 bits per heavy atom. The van der Waals surface area contributed by atoms with E-state index in [0.29, 0.717) is 29.5 Å². The van der Waals surface area contributed by atoms with E-state index < -0.39 is 0 Å². The maximum Gasteiger partial charge on any atom is 0.275 e. The van der Waals surface area contributed by atoms with Crippen molar-refractivity contribution in [3.8, 4) is 11.5 Å². The Bertz CT molecular complexity index is 555. The summed E-state index contributed by atoms with van der Waals surface area (Å²) in [6, 6.07) is 5.24. The van der Waals surface area contributed by atoms with Gasteiger partial charge in [-0.3, -0.25) is 4.79 Å². The number of nitrogens with zero attached hydrogens (tertiary/aromatic N) is 1. The van der Waals surface area contributed by atoms with Crippen LogP contribution in [0.5, 0.6) is 11.5 Å². The van der Waals surface area contributed by atoms with E-state index in [-0.39, 0.29) is 5.91 Å². The Kier molecular flexibility index (Phi) is 4.35. The van der Waals surface area contributed by atoms with E-state index in [4.69, 9.17) is 9.47 Å². The van der Waals surface area contributed by atoms with Crippen LogP contribution in [0, 0.1) is 0 Å². The third-order valence-corrected chi connectivity index (χ3v) is 2.97. The SMILES string of the molecule is CCOc1cc(NC(=O)c2cscn2)ccc1OC. The summed E-state index contributed by atoms with van der Waals surface area (Å²) in [6.07, 6.45) is 0. The van der Waals surface area contributed by atoms with Crippen LogP contribution in [0.4, 0.5) is 5.69 Å². The molecule has 5 nitrogen and oxygen atoms in total. The van der Waals surface area contributed by atoms with Gasteiger partial charge >= 0.3 is 0 Å². The number of nitrogens with one attached hydrogen (secondary N) is 1. The number of aromatic nitrogens is 1. The number of thiazole rings is 1. The highest BCUT2D eigenvalue weighted by Crippen LogP contribution is 2.30. The van der Waals surface area contributed by atoms with Crippen molar-refractivity contribution in [3.63, 3.8) is 0 Å². The van der Waals surface area contributed by atoms with Crippen molar-refractivity contribution in [2.45, 2.75) is 6.92 Å². The fraction of sp³-hybridized carbons (Fsp3) is 0.231. The van der Waals surface area contributed by atoms with Crippen LogP contribution in [-0.4, -0.2) is 24.6 Å². The number of hydrogen-bond acceptors (Lipinski definition) is 5.